The molecular weight excluding hydrogens is 288 g/mol. The SMILES string of the molecule is Cn1cc(C(=O)NCC(O)(c2ccoc2)c2ccco2)nn1. The second-order valence-corrected chi connectivity index (χ2v) is 4.81. The molecule has 0 spiro atoms. The lowest BCUT2D eigenvalue weighted by molar-refractivity contribution is 0.0519. The molecule has 0 aliphatic carbocycles. The molecule has 1 unspecified atom stereocenters. The van der Waals surface area contributed by atoms with Gasteiger partial charge in [0.25, 0.3) is 5.91 Å². The van der Waals surface area contributed by atoms with Crippen molar-refractivity contribution in [3.63, 3.8) is 0 Å². The number of rotatable bonds is 5. The van der Waals surface area contributed by atoms with Crippen LogP contribution in [0, 0.1) is 0 Å². The van der Waals surface area contributed by atoms with Crippen LogP contribution in [0.25, 0.3) is 0 Å². The second-order valence-electron chi connectivity index (χ2n) is 4.81. The van der Waals surface area contributed by atoms with Crippen molar-refractivity contribution in [1.82, 2.24) is 20.3 Å². The summed E-state index contributed by atoms with van der Waals surface area (Å²) in [6.45, 7) is -0.102. The van der Waals surface area contributed by atoms with Gasteiger partial charge in [0.1, 0.15) is 5.76 Å². The molecule has 0 saturated heterocycles. The highest BCUT2D eigenvalue weighted by Crippen LogP contribution is 2.29. The van der Waals surface area contributed by atoms with E-state index in [-0.39, 0.29) is 12.2 Å². The zero-order valence-corrected chi connectivity index (χ0v) is 11.8. The molecule has 3 heterocycles. The van der Waals surface area contributed by atoms with Gasteiger partial charge in [0.2, 0.25) is 0 Å². The summed E-state index contributed by atoms with van der Waals surface area (Å²) in [5.74, 6) is -0.144. The predicted molar refractivity (Wildman–Crippen MR) is 73.8 cm³/mol. The summed E-state index contributed by atoms with van der Waals surface area (Å²) < 4.78 is 11.7. The van der Waals surface area contributed by atoms with Gasteiger partial charge in [0.05, 0.1) is 31.5 Å². The normalized spacial score (nSPS) is 13.7. The van der Waals surface area contributed by atoms with E-state index in [9.17, 15) is 9.90 Å². The first-order valence-corrected chi connectivity index (χ1v) is 6.53. The van der Waals surface area contributed by atoms with Crippen molar-refractivity contribution < 1.29 is 18.7 Å². The number of aryl methyl sites for hydroxylation is 1. The number of carbonyl (C=O) groups excluding carboxylic acids is 1. The van der Waals surface area contributed by atoms with Gasteiger partial charge in [-0.3, -0.25) is 9.48 Å². The van der Waals surface area contributed by atoms with E-state index in [1.54, 1.807) is 25.2 Å². The molecule has 0 aromatic carbocycles. The number of nitrogens with zero attached hydrogens (tertiary/aromatic N) is 3. The van der Waals surface area contributed by atoms with E-state index in [2.05, 4.69) is 15.6 Å². The van der Waals surface area contributed by atoms with Crippen molar-refractivity contribution in [1.29, 1.82) is 0 Å². The lowest BCUT2D eigenvalue weighted by atomic mass is 9.93. The van der Waals surface area contributed by atoms with Crippen LogP contribution in [0.1, 0.15) is 21.8 Å². The Morgan fingerprint density at radius 3 is 2.91 bits per heavy atom. The van der Waals surface area contributed by atoms with Crippen LogP contribution in [0.4, 0.5) is 0 Å². The van der Waals surface area contributed by atoms with E-state index in [1.165, 1.54) is 29.7 Å². The summed E-state index contributed by atoms with van der Waals surface area (Å²) in [6, 6.07) is 4.89. The highest BCUT2D eigenvalue weighted by Gasteiger charge is 2.36. The number of aromatic nitrogens is 3. The minimum atomic E-state index is -1.53. The third-order valence-corrected chi connectivity index (χ3v) is 3.27. The number of amides is 1. The first-order valence-electron chi connectivity index (χ1n) is 6.53. The molecule has 2 N–H and O–H groups in total. The zero-order chi connectivity index (χ0) is 15.6. The molecule has 0 aliphatic rings. The van der Waals surface area contributed by atoms with Crippen molar-refractivity contribution in [3.8, 4) is 0 Å². The molecule has 1 amide bonds. The van der Waals surface area contributed by atoms with Gasteiger partial charge in [0.15, 0.2) is 11.3 Å². The van der Waals surface area contributed by atoms with E-state index in [4.69, 9.17) is 8.83 Å². The number of hydrogen-bond donors (Lipinski definition) is 2. The quantitative estimate of drug-likeness (QED) is 0.717. The molecule has 0 saturated carbocycles. The Labute approximate surface area is 125 Å². The van der Waals surface area contributed by atoms with Crippen LogP contribution >= 0.6 is 0 Å². The molecule has 8 nitrogen and oxygen atoms in total. The van der Waals surface area contributed by atoms with E-state index >= 15 is 0 Å². The summed E-state index contributed by atoms with van der Waals surface area (Å²) >= 11 is 0. The summed E-state index contributed by atoms with van der Waals surface area (Å²) in [4.78, 5) is 12.1. The van der Waals surface area contributed by atoms with Crippen LogP contribution in [-0.2, 0) is 12.6 Å². The number of furan rings is 2. The van der Waals surface area contributed by atoms with Crippen LogP contribution in [-0.4, -0.2) is 32.6 Å². The average molecular weight is 302 g/mol. The van der Waals surface area contributed by atoms with Crippen molar-refractivity contribution in [3.05, 3.63) is 60.2 Å². The molecule has 3 aromatic rings. The number of aliphatic hydroxyl groups is 1. The van der Waals surface area contributed by atoms with Gasteiger partial charge in [0, 0.05) is 12.6 Å². The Bertz CT molecular complexity index is 712. The van der Waals surface area contributed by atoms with Gasteiger partial charge in [-0.05, 0) is 18.2 Å². The fourth-order valence-corrected chi connectivity index (χ4v) is 2.10. The third-order valence-electron chi connectivity index (χ3n) is 3.27. The van der Waals surface area contributed by atoms with Crippen LogP contribution in [0.5, 0.6) is 0 Å². The van der Waals surface area contributed by atoms with E-state index in [0.717, 1.165) is 0 Å². The summed E-state index contributed by atoms with van der Waals surface area (Å²) in [6.07, 6.45) is 5.77. The lowest BCUT2D eigenvalue weighted by Crippen LogP contribution is -2.41. The summed E-state index contributed by atoms with van der Waals surface area (Å²) in [7, 11) is 1.66. The molecule has 3 aromatic heterocycles. The fraction of sp³-hybridized carbons (Fsp3) is 0.214. The topological polar surface area (TPSA) is 106 Å². The van der Waals surface area contributed by atoms with Gasteiger partial charge in [-0.25, -0.2) is 0 Å². The standard InChI is InChI=1S/C14H14N4O4/c1-18-7-11(16-17-18)13(19)15-9-14(20,10-4-6-21-8-10)12-3-2-5-22-12/h2-8,20H,9H2,1H3,(H,15,19). The monoisotopic (exact) mass is 302 g/mol. The maximum absolute atomic E-state index is 12.1. The first kappa shape index (κ1) is 14.1. The number of carbonyl (C=O) groups is 1. The molecular formula is C14H14N4O4. The Morgan fingerprint density at radius 2 is 2.32 bits per heavy atom. The van der Waals surface area contributed by atoms with Crippen molar-refractivity contribution in [2.45, 2.75) is 5.60 Å². The van der Waals surface area contributed by atoms with Gasteiger partial charge >= 0.3 is 0 Å². The van der Waals surface area contributed by atoms with E-state index in [1.807, 2.05) is 0 Å². The molecule has 0 radical (unpaired) electrons. The van der Waals surface area contributed by atoms with Crippen molar-refractivity contribution in [2.75, 3.05) is 6.54 Å². The third kappa shape index (κ3) is 2.51. The van der Waals surface area contributed by atoms with Gasteiger partial charge < -0.3 is 19.3 Å². The highest BCUT2D eigenvalue weighted by atomic mass is 16.4. The molecule has 0 aliphatic heterocycles. The molecule has 8 heteroatoms. The minimum absolute atomic E-state index is 0.102. The molecule has 22 heavy (non-hydrogen) atoms. The molecule has 114 valence electrons. The Morgan fingerprint density at radius 1 is 1.45 bits per heavy atom. The Kier molecular flexibility index (Phi) is 3.51. The summed E-state index contributed by atoms with van der Waals surface area (Å²) in [5, 5.41) is 21.0. The van der Waals surface area contributed by atoms with Crippen LogP contribution in [0.2, 0.25) is 0 Å². The zero-order valence-electron chi connectivity index (χ0n) is 11.8. The maximum atomic E-state index is 12.1. The molecule has 0 fully saturated rings. The van der Waals surface area contributed by atoms with Gasteiger partial charge in [-0.2, -0.15) is 0 Å². The van der Waals surface area contributed by atoms with E-state index < -0.39 is 11.5 Å². The molecule has 0 bridgehead atoms. The highest BCUT2D eigenvalue weighted by molar-refractivity contribution is 5.91. The maximum Gasteiger partial charge on any atom is 0.273 e. The average Bonchev–Trinajstić information content (AvgIpc) is 3.24. The number of hydrogen-bond acceptors (Lipinski definition) is 6. The van der Waals surface area contributed by atoms with E-state index in [0.29, 0.717) is 11.3 Å². The minimum Gasteiger partial charge on any atom is -0.472 e. The first-order chi connectivity index (χ1) is 10.6. The summed E-state index contributed by atoms with van der Waals surface area (Å²) in [5.41, 5.74) is -0.896. The second kappa shape index (κ2) is 5.49. The largest absolute Gasteiger partial charge is 0.472 e. The van der Waals surface area contributed by atoms with Crippen LogP contribution < -0.4 is 5.32 Å². The Balaban J connectivity index is 1.81. The van der Waals surface area contributed by atoms with Crippen molar-refractivity contribution in [2.24, 2.45) is 7.05 Å². The van der Waals surface area contributed by atoms with Gasteiger partial charge in [-0.15, -0.1) is 5.10 Å². The van der Waals surface area contributed by atoms with Crippen LogP contribution in [0.15, 0.2) is 52.0 Å². The number of nitrogens with one attached hydrogen (secondary N) is 1. The predicted octanol–water partition coefficient (Wildman–Crippen LogP) is 0.667. The molecule has 3 rings (SSSR count). The lowest BCUT2D eigenvalue weighted by Gasteiger charge is -2.24. The smallest absolute Gasteiger partial charge is 0.273 e. The van der Waals surface area contributed by atoms with Crippen molar-refractivity contribution >= 4 is 5.91 Å². The van der Waals surface area contributed by atoms with Crippen LogP contribution in [0.3, 0.4) is 0 Å². The fourth-order valence-electron chi connectivity index (χ4n) is 2.10. The molecule has 1 atom stereocenters. The Hall–Kier alpha value is -2.87. The van der Waals surface area contributed by atoms with Gasteiger partial charge in [-0.1, -0.05) is 5.21 Å².